The zero-order valence-corrected chi connectivity index (χ0v) is 15.2. The highest BCUT2D eigenvalue weighted by Crippen LogP contribution is 2.28. The molecule has 2 aliphatic rings. The Kier molecular flexibility index (Phi) is 5.44. The smallest absolute Gasteiger partial charge is 0.135 e. The van der Waals surface area contributed by atoms with E-state index in [1.807, 2.05) is 0 Å². The lowest BCUT2D eigenvalue weighted by molar-refractivity contribution is 0.949. The molecule has 2 fully saturated rings. The van der Waals surface area contributed by atoms with Crippen LogP contribution in [-0.4, -0.2) is 37.1 Å². The fourth-order valence-corrected chi connectivity index (χ4v) is 8.18. The van der Waals surface area contributed by atoms with Crippen molar-refractivity contribution in [1.29, 1.82) is 0 Å². The van der Waals surface area contributed by atoms with Crippen LogP contribution >= 0.6 is 0 Å². The number of anilines is 1. The molecule has 2 heterocycles. The molecule has 1 aromatic carbocycles. The van der Waals surface area contributed by atoms with E-state index in [4.69, 9.17) is 0 Å². The molecule has 116 valence electrons. The van der Waals surface area contributed by atoms with Crippen LogP contribution in [0.2, 0.25) is 0 Å². The Morgan fingerprint density at radius 3 is 2.00 bits per heavy atom. The first-order valence-corrected chi connectivity index (χ1v) is 11.8. The topological polar surface area (TPSA) is 3.24 Å². The lowest BCUT2D eigenvalue weighted by Crippen LogP contribution is -2.15. The molecule has 0 atom stereocenters. The highest BCUT2D eigenvalue weighted by Gasteiger charge is 2.27. The van der Waals surface area contributed by atoms with Gasteiger partial charge in [0, 0.05) is 30.9 Å². The van der Waals surface area contributed by atoms with E-state index in [0.717, 1.165) is 0 Å². The van der Waals surface area contributed by atoms with Crippen LogP contribution in [0.3, 0.4) is 0 Å². The fraction of sp³-hybridized carbons (Fsp3) is 0.667. The normalized spacial score (nSPS) is 20.3. The summed E-state index contributed by atoms with van der Waals surface area (Å²) < 4.78 is 0. The Morgan fingerprint density at radius 1 is 0.857 bits per heavy atom. The van der Waals surface area contributed by atoms with E-state index in [1.54, 1.807) is 11.1 Å². The van der Waals surface area contributed by atoms with Gasteiger partial charge in [-0.05, 0) is 53.5 Å². The van der Waals surface area contributed by atoms with Gasteiger partial charge in [0.25, 0.3) is 0 Å². The highest BCUT2D eigenvalue weighted by molar-refractivity contribution is 7.96. The second-order valence-corrected chi connectivity index (χ2v) is 11.3. The third-order valence-electron chi connectivity index (χ3n) is 4.59. The molecule has 1 nitrogen and oxygen atoms in total. The van der Waals surface area contributed by atoms with Gasteiger partial charge in [-0.2, -0.15) is 0 Å². The number of benzene rings is 1. The zero-order chi connectivity index (χ0) is 14.7. The lowest BCUT2D eigenvalue weighted by atomic mass is 10.1. The molecule has 3 rings (SSSR count). The third kappa shape index (κ3) is 4.13. The predicted molar refractivity (Wildman–Crippen MR) is 101 cm³/mol. The molecule has 0 spiro atoms. The van der Waals surface area contributed by atoms with Crippen molar-refractivity contribution in [1.82, 2.24) is 0 Å². The molecule has 0 aromatic heterocycles. The molecule has 3 heteroatoms. The van der Waals surface area contributed by atoms with Crippen molar-refractivity contribution in [3.8, 4) is 0 Å². The van der Waals surface area contributed by atoms with Crippen molar-refractivity contribution in [3.63, 3.8) is 0 Å². The minimum absolute atomic E-state index is 0.659. The number of rotatable bonds is 5. The summed E-state index contributed by atoms with van der Waals surface area (Å²) >= 11 is 0. The molecule has 0 amide bonds. The van der Waals surface area contributed by atoms with Crippen LogP contribution in [0.4, 0.5) is 5.69 Å². The largest absolute Gasteiger partial charge is 0.377 e. The molecule has 0 unspecified atom stereocenters. The quantitative estimate of drug-likeness (QED) is 0.749. The first-order chi connectivity index (χ1) is 10.2. The number of hydrogen-bond donors (Lipinski definition) is 0. The standard InChI is InChI=1S/C18H29NS2/c1-19(2)18-13-16(14-20-9-3-4-10-20)7-8-17(18)15-21-11-5-6-12-21/h7-8,13H,3-6,9-12,14-15H2,1-2H3/q+2. The summed E-state index contributed by atoms with van der Waals surface area (Å²) in [6, 6.07) is 7.35. The number of hydrogen-bond acceptors (Lipinski definition) is 1. The molecule has 21 heavy (non-hydrogen) atoms. The van der Waals surface area contributed by atoms with E-state index in [9.17, 15) is 0 Å². The molecule has 2 saturated heterocycles. The van der Waals surface area contributed by atoms with Gasteiger partial charge in [0.15, 0.2) is 0 Å². The second-order valence-electron chi connectivity index (χ2n) is 6.60. The SMILES string of the molecule is CN(C)c1cc(C[S+]2CCCC2)ccc1C[S+]1CCCC1. The monoisotopic (exact) mass is 323 g/mol. The average molecular weight is 324 g/mol. The van der Waals surface area contributed by atoms with Gasteiger partial charge in [-0.15, -0.1) is 0 Å². The maximum atomic E-state index is 2.49. The van der Waals surface area contributed by atoms with E-state index in [2.05, 4.69) is 37.2 Å². The predicted octanol–water partition coefficient (Wildman–Crippen LogP) is 3.58. The maximum Gasteiger partial charge on any atom is 0.135 e. The van der Waals surface area contributed by atoms with Crippen LogP contribution < -0.4 is 4.90 Å². The van der Waals surface area contributed by atoms with Gasteiger partial charge in [-0.3, -0.25) is 0 Å². The van der Waals surface area contributed by atoms with Crippen molar-refractivity contribution in [2.45, 2.75) is 37.2 Å². The van der Waals surface area contributed by atoms with Crippen molar-refractivity contribution in [2.75, 3.05) is 42.0 Å². The maximum absolute atomic E-state index is 2.49. The summed E-state index contributed by atoms with van der Waals surface area (Å²) in [5, 5.41) is 0. The van der Waals surface area contributed by atoms with Crippen LogP contribution in [0.15, 0.2) is 18.2 Å². The minimum atomic E-state index is 0.659. The molecule has 0 saturated carbocycles. The summed E-state index contributed by atoms with van der Waals surface area (Å²) in [7, 11) is 5.75. The number of nitrogens with zero attached hydrogens (tertiary/aromatic N) is 1. The first kappa shape index (κ1) is 15.6. The summed E-state index contributed by atoms with van der Waals surface area (Å²) in [5.74, 6) is 8.54. The second kappa shape index (κ2) is 7.32. The zero-order valence-electron chi connectivity index (χ0n) is 13.6. The van der Waals surface area contributed by atoms with Crippen molar-refractivity contribution >= 4 is 27.5 Å². The van der Waals surface area contributed by atoms with Gasteiger partial charge in [-0.1, -0.05) is 12.1 Å². The van der Waals surface area contributed by atoms with Crippen LogP contribution in [-0.2, 0) is 33.3 Å². The molecular formula is C18H29NS2+2. The minimum Gasteiger partial charge on any atom is -0.377 e. The molecule has 0 radical (unpaired) electrons. The summed E-state index contributed by atoms with van der Waals surface area (Å²) in [5.41, 5.74) is 4.64. The van der Waals surface area contributed by atoms with Crippen LogP contribution in [0.1, 0.15) is 36.8 Å². The molecule has 2 aliphatic heterocycles. The highest BCUT2D eigenvalue weighted by atomic mass is 32.2. The lowest BCUT2D eigenvalue weighted by Gasteiger charge is -2.18. The van der Waals surface area contributed by atoms with Gasteiger partial charge < -0.3 is 4.90 Å². The molecule has 0 bridgehead atoms. The van der Waals surface area contributed by atoms with Gasteiger partial charge in [0.2, 0.25) is 0 Å². The van der Waals surface area contributed by atoms with E-state index in [0.29, 0.717) is 21.8 Å². The Hall–Kier alpha value is -0.280. The first-order valence-electron chi connectivity index (χ1n) is 8.30. The Morgan fingerprint density at radius 2 is 1.43 bits per heavy atom. The van der Waals surface area contributed by atoms with Crippen LogP contribution in [0.5, 0.6) is 0 Å². The van der Waals surface area contributed by atoms with E-state index in [1.165, 1.54) is 65.9 Å². The van der Waals surface area contributed by atoms with Crippen molar-refractivity contribution < 1.29 is 0 Å². The molecule has 1 aromatic rings. The van der Waals surface area contributed by atoms with E-state index < -0.39 is 0 Å². The van der Waals surface area contributed by atoms with Gasteiger partial charge in [0.05, 0.1) is 0 Å². The molecule has 0 aliphatic carbocycles. The summed E-state index contributed by atoms with van der Waals surface area (Å²) in [6.07, 6.45) is 5.84. The Bertz CT molecular complexity index is 460. The van der Waals surface area contributed by atoms with Crippen LogP contribution in [0, 0.1) is 0 Å². The van der Waals surface area contributed by atoms with Crippen LogP contribution in [0.25, 0.3) is 0 Å². The van der Waals surface area contributed by atoms with E-state index >= 15 is 0 Å². The van der Waals surface area contributed by atoms with Crippen molar-refractivity contribution in [2.24, 2.45) is 0 Å². The average Bonchev–Trinajstić information content (AvgIpc) is 3.13. The molecular weight excluding hydrogens is 294 g/mol. The van der Waals surface area contributed by atoms with Crippen molar-refractivity contribution in [3.05, 3.63) is 29.3 Å². The summed E-state index contributed by atoms with van der Waals surface area (Å²) in [6.45, 7) is 0. The summed E-state index contributed by atoms with van der Waals surface area (Å²) in [4.78, 5) is 2.33. The fourth-order valence-electron chi connectivity index (χ4n) is 3.41. The Labute approximate surface area is 136 Å². The van der Waals surface area contributed by atoms with Gasteiger partial charge >= 0.3 is 0 Å². The van der Waals surface area contributed by atoms with Gasteiger partial charge in [-0.25, -0.2) is 0 Å². The molecule has 0 N–H and O–H groups in total. The third-order valence-corrected chi connectivity index (χ3v) is 9.52. The van der Waals surface area contributed by atoms with E-state index in [-0.39, 0.29) is 0 Å². The Balaban J connectivity index is 1.73. The van der Waals surface area contributed by atoms with Gasteiger partial charge in [0.1, 0.15) is 34.5 Å².